The molecule has 0 saturated carbocycles. The zero-order chi connectivity index (χ0) is 13.0. The monoisotopic (exact) mass is 235 g/mol. The Kier molecular flexibility index (Phi) is 3.22. The molecule has 2 aromatic rings. The van der Waals surface area contributed by atoms with Crippen LogP contribution in [0, 0.1) is 22.7 Å². The third kappa shape index (κ3) is 2.28. The van der Waals surface area contributed by atoms with E-state index in [1.165, 1.54) is 10.6 Å². The fourth-order valence-corrected chi connectivity index (χ4v) is 1.63. The summed E-state index contributed by atoms with van der Waals surface area (Å²) >= 11 is 0. The zero-order valence-electron chi connectivity index (χ0n) is 9.50. The van der Waals surface area contributed by atoms with Crippen molar-refractivity contribution in [1.82, 2.24) is 4.57 Å². The highest BCUT2D eigenvalue weighted by Gasteiger charge is 2.02. The van der Waals surface area contributed by atoms with Crippen molar-refractivity contribution < 1.29 is 0 Å². The van der Waals surface area contributed by atoms with Crippen LogP contribution in [0.25, 0.3) is 0 Å². The summed E-state index contributed by atoms with van der Waals surface area (Å²) < 4.78 is 1.47. The molecule has 1 heterocycles. The molecule has 0 N–H and O–H groups in total. The number of nitrogens with zero attached hydrogens (tertiary/aromatic N) is 3. The summed E-state index contributed by atoms with van der Waals surface area (Å²) in [7, 11) is 0. The Morgan fingerprint density at radius 1 is 1.06 bits per heavy atom. The maximum atomic E-state index is 11.8. The van der Waals surface area contributed by atoms with Crippen LogP contribution >= 0.6 is 0 Å². The van der Waals surface area contributed by atoms with Crippen LogP contribution in [-0.2, 0) is 6.54 Å². The van der Waals surface area contributed by atoms with Crippen LogP contribution in [0.4, 0.5) is 0 Å². The second kappa shape index (κ2) is 4.99. The lowest BCUT2D eigenvalue weighted by molar-refractivity contribution is 0.756. The van der Waals surface area contributed by atoms with Gasteiger partial charge in [0, 0.05) is 6.20 Å². The lowest BCUT2D eigenvalue weighted by atomic mass is 10.1. The van der Waals surface area contributed by atoms with Gasteiger partial charge in [-0.15, -0.1) is 0 Å². The van der Waals surface area contributed by atoms with Crippen LogP contribution in [0.5, 0.6) is 0 Å². The quantitative estimate of drug-likeness (QED) is 0.794. The number of benzene rings is 1. The van der Waals surface area contributed by atoms with Gasteiger partial charge in [0.15, 0.2) is 0 Å². The largest absolute Gasteiger partial charge is 0.310 e. The fraction of sp³-hybridized carbons (Fsp3) is 0.0714. The van der Waals surface area contributed by atoms with E-state index in [9.17, 15) is 4.79 Å². The highest BCUT2D eigenvalue weighted by molar-refractivity contribution is 5.32. The Balaban J connectivity index is 2.32. The van der Waals surface area contributed by atoms with E-state index < -0.39 is 0 Å². The van der Waals surface area contributed by atoms with E-state index in [-0.39, 0.29) is 11.1 Å². The van der Waals surface area contributed by atoms with Crippen molar-refractivity contribution in [1.29, 1.82) is 10.5 Å². The molecule has 0 saturated heterocycles. The number of pyridine rings is 1. The third-order valence-electron chi connectivity index (χ3n) is 2.58. The summed E-state index contributed by atoms with van der Waals surface area (Å²) in [6, 6.07) is 14.1. The average molecular weight is 235 g/mol. The van der Waals surface area contributed by atoms with Gasteiger partial charge in [0.2, 0.25) is 0 Å². The Hall–Kier alpha value is -2.85. The van der Waals surface area contributed by atoms with E-state index in [2.05, 4.69) is 0 Å². The molecular formula is C14H9N3O. The van der Waals surface area contributed by atoms with Gasteiger partial charge in [-0.25, -0.2) is 0 Å². The molecule has 4 heteroatoms. The van der Waals surface area contributed by atoms with Crippen molar-refractivity contribution in [3.63, 3.8) is 0 Å². The topological polar surface area (TPSA) is 69.6 Å². The van der Waals surface area contributed by atoms with E-state index in [1.807, 2.05) is 12.1 Å². The lowest BCUT2D eigenvalue weighted by Gasteiger charge is -2.05. The minimum Gasteiger partial charge on any atom is -0.310 e. The van der Waals surface area contributed by atoms with Gasteiger partial charge >= 0.3 is 0 Å². The van der Waals surface area contributed by atoms with E-state index in [0.29, 0.717) is 12.1 Å². The molecule has 0 aliphatic carbocycles. The summed E-state index contributed by atoms with van der Waals surface area (Å²) in [5.74, 6) is 0. The van der Waals surface area contributed by atoms with E-state index in [1.54, 1.807) is 36.5 Å². The lowest BCUT2D eigenvalue weighted by Crippen LogP contribution is -2.22. The highest BCUT2D eigenvalue weighted by Crippen LogP contribution is 2.04. The Morgan fingerprint density at radius 2 is 1.78 bits per heavy atom. The van der Waals surface area contributed by atoms with Crippen LogP contribution in [0.1, 0.15) is 16.7 Å². The van der Waals surface area contributed by atoms with Crippen molar-refractivity contribution in [2.75, 3.05) is 0 Å². The maximum absolute atomic E-state index is 11.8. The first-order chi connectivity index (χ1) is 8.74. The van der Waals surface area contributed by atoms with E-state index in [0.717, 1.165) is 5.56 Å². The van der Waals surface area contributed by atoms with Gasteiger partial charge in [-0.05, 0) is 29.8 Å². The summed E-state index contributed by atoms with van der Waals surface area (Å²) in [6.45, 7) is 0.389. The highest BCUT2D eigenvalue weighted by atomic mass is 16.1. The maximum Gasteiger partial charge on any atom is 0.268 e. The minimum atomic E-state index is -0.302. The van der Waals surface area contributed by atoms with Crippen LogP contribution in [0.2, 0.25) is 0 Å². The summed E-state index contributed by atoms with van der Waals surface area (Å²) in [4.78, 5) is 11.8. The van der Waals surface area contributed by atoms with Gasteiger partial charge in [0.1, 0.15) is 11.6 Å². The molecule has 4 nitrogen and oxygen atoms in total. The molecule has 0 aliphatic heterocycles. The summed E-state index contributed by atoms with van der Waals surface area (Å²) in [6.07, 6.45) is 1.64. The van der Waals surface area contributed by atoms with Crippen molar-refractivity contribution in [2.24, 2.45) is 0 Å². The van der Waals surface area contributed by atoms with Crippen LogP contribution in [-0.4, -0.2) is 4.57 Å². The van der Waals surface area contributed by atoms with Gasteiger partial charge in [-0.3, -0.25) is 4.79 Å². The Labute approximate surface area is 104 Å². The van der Waals surface area contributed by atoms with E-state index in [4.69, 9.17) is 10.5 Å². The normalized spacial score (nSPS) is 9.44. The molecule has 1 aromatic heterocycles. The van der Waals surface area contributed by atoms with Gasteiger partial charge in [-0.1, -0.05) is 12.1 Å². The van der Waals surface area contributed by atoms with Crippen LogP contribution in [0.15, 0.2) is 47.4 Å². The molecule has 0 fully saturated rings. The molecule has 18 heavy (non-hydrogen) atoms. The first-order valence-electron chi connectivity index (χ1n) is 5.33. The SMILES string of the molecule is N#Cc1ccc(Cn2cccc(C#N)c2=O)cc1. The van der Waals surface area contributed by atoms with Crippen LogP contribution in [0.3, 0.4) is 0 Å². The molecule has 2 rings (SSSR count). The van der Waals surface area contributed by atoms with E-state index >= 15 is 0 Å². The predicted molar refractivity (Wildman–Crippen MR) is 65.7 cm³/mol. The molecule has 86 valence electrons. The molecule has 0 bridgehead atoms. The average Bonchev–Trinajstić information content (AvgIpc) is 2.42. The molecule has 0 amide bonds. The number of rotatable bonds is 2. The summed E-state index contributed by atoms with van der Waals surface area (Å²) in [5, 5.41) is 17.5. The minimum absolute atomic E-state index is 0.131. The van der Waals surface area contributed by atoms with Crippen molar-refractivity contribution in [2.45, 2.75) is 6.54 Å². The van der Waals surface area contributed by atoms with Gasteiger partial charge in [-0.2, -0.15) is 10.5 Å². The van der Waals surface area contributed by atoms with Gasteiger partial charge in [0.25, 0.3) is 5.56 Å². The molecule has 0 radical (unpaired) electrons. The fourth-order valence-electron chi connectivity index (χ4n) is 1.63. The predicted octanol–water partition coefficient (Wildman–Crippen LogP) is 1.64. The first kappa shape index (κ1) is 11.6. The second-order valence-electron chi connectivity index (χ2n) is 3.78. The molecule has 0 atom stereocenters. The van der Waals surface area contributed by atoms with Crippen LogP contribution < -0.4 is 5.56 Å². The standard InChI is InChI=1S/C14H9N3O/c15-8-11-3-5-12(6-4-11)10-17-7-1-2-13(9-16)14(17)18/h1-7H,10H2. The Bertz CT molecular complexity index is 700. The van der Waals surface area contributed by atoms with Crippen molar-refractivity contribution in [3.05, 3.63) is 69.6 Å². The molecular weight excluding hydrogens is 226 g/mol. The molecule has 0 unspecified atom stereocenters. The number of hydrogen-bond donors (Lipinski definition) is 0. The van der Waals surface area contributed by atoms with Crippen molar-refractivity contribution >= 4 is 0 Å². The number of aromatic nitrogens is 1. The smallest absolute Gasteiger partial charge is 0.268 e. The third-order valence-corrected chi connectivity index (χ3v) is 2.58. The molecule has 0 aliphatic rings. The number of hydrogen-bond acceptors (Lipinski definition) is 3. The Morgan fingerprint density at radius 3 is 2.39 bits per heavy atom. The van der Waals surface area contributed by atoms with Gasteiger partial charge < -0.3 is 4.57 Å². The van der Waals surface area contributed by atoms with Gasteiger partial charge in [0.05, 0.1) is 18.2 Å². The molecule has 1 aromatic carbocycles. The summed E-state index contributed by atoms with van der Waals surface area (Å²) in [5.41, 5.74) is 1.32. The van der Waals surface area contributed by atoms with Crippen molar-refractivity contribution in [3.8, 4) is 12.1 Å². The molecule has 0 spiro atoms. The number of nitriles is 2. The first-order valence-corrected chi connectivity index (χ1v) is 5.33. The second-order valence-corrected chi connectivity index (χ2v) is 3.78. The zero-order valence-corrected chi connectivity index (χ0v) is 9.50.